The minimum atomic E-state index is 0.484. The SMILES string of the molecule is Cc1scnc1-c1nnc(N)s1. The van der Waals surface area contributed by atoms with E-state index in [1.54, 1.807) is 16.8 Å². The van der Waals surface area contributed by atoms with Gasteiger partial charge in [0, 0.05) is 4.88 Å². The lowest BCUT2D eigenvalue weighted by molar-refractivity contribution is 1.09. The number of hydrogen-bond acceptors (Lipinski definition) is 6. The molecule has 62 valence electrons. The largest absolute Gasteiger partial charge is 0.374 e. The van der Waals surface area contributed by atoms with Crippen molar-refractivity contribution in [2.75, 3.05) is 5.73 Å². The molecule has 0 fully saturated rings. The average molecular weight is 198 g/mol. The van der Waals surface area contributed by atoms with Gasteiger partial charge in [0.1, 0.15) is 5.69 Å². The van der Waals surface area contributed by atoms with Gasteiger partial charge in [-0.3, -0.25) is 0 Å². The van der Waals surface area contributed by atoms with Crippen molar-refractivity contribution in [2.45, 2.75) is 6.92 Å². The fourth-order valence-electron chi connectivity index (χ4n) is 0.841. The number of nitrogen functional groups attached to an aromatic ring is 1. The molecule has 0 spiro atoms. The maximum atomic E-state index is 5.46. The first-order valence-corrected chi connectivity index (χ1v) is 4.96. The number of aromatic nitrogens is 3. The van der Waals surface area contributed by atoms with Gasteiger partial charge in [-0.1, -0.05) is 11.3 Å². The van der Waals surface area contributed by atoms with E-state index < -0.39 is 0 Å². The summed E-state index contributed by atoms with van der Waals surface area (Å²) in [6, 6.07) is 0. The lowest BCUT2D eigenvalue weighted by Gasteiger charge is -1.87. The predicted molar refractivity (Wildman–Crippen MR) is 50.2 cm³/mol. The molecule has 0 saturated carbocycles. The van der Waals surface area contributed by atoms with Crippen LogP contribution in [0.1, 0.15) is 4.88 Å². The molecule has 2 rings (SSSR count). The Hall–Kier alpha value is -1.01. The molecule has 0 aromatic carbocycles. The van der Waals surface area contributed by atoms with E-state index in [-0.39, 0.29) is 0 Å². The second kappa shape index (κ2) is 2.80. The molecule has 12 heavy (non-hydrogen) atoms. The highest BCUT2D eigenvalue weighted by atomic mass is 32.1. The highest BCUT2D eigenvalue weighted by Gasteiger charge is 2.09. The van der Waals surface area contributed by atoms with E-state index in [1.165, 1.54) is 11.3 Å². The van der Waals surface area contributed by atoms with E-state index in [0.29, 0.717) is 5.13 Å². The van der Waals surface area contributed by atoms with Crippen LogP contribution < -0.4 is 5.73 Å². The van der Waals surface area contributed by atoms with Gasteiger partial charge in [-0.2, -0.15) is 0 Å². The highest BCUT2D eigenvalue weighted by molar-refractivity contribution is 7.18. The number of hydrogen-bond donors (Lipinski definition) is 1. The van der Waals surface area contributed by atoms with Crippen molar-refractivity contribution in [3.05, 3.63) is 10.4 Å². The summed E-state index contributed by atoms with van der Waals surface area (Å²) in [4.78, 5) is 5.31. The van der Waals surface area contributed by atoms with E-state index in [1.807, 2.05) is 6.92 Å². The molecule has 0 amide bonds. The van der Waals surface area contributed by atoms with Crippen molar-refractivity contribution in [3.8, 4) is 10.7 Å². The summed E-state index contributed by atoms with van der Waals surface area (Å²) in [5.41, 5.74) is 8.15. The van der Waals surface area contributed by atoms with Gasteiger partial charge >= 0.3 is 0 Å². The molecule has 0 atom stereocenters. The number of nitrogens with two attached hydrogens (primary N) is 1. The second-order valence-electron chi connectivity index (χ2n) is 2.20. The number of rotatable bonds is 1. The molecule has 2 aromatic heterocycles. The van der Waals surface area contributed by atoms with E-state index >= 15 is 0 Å². The van der Waals surface area contributed by atoms with Gasteiger partial charge in [0.25, 0.3) is 0 Å². The van der Waals surface area contributed by atoms with Crippen LogP contribution in [0, 0.1) is 6.92 Å². The maximum Gasteiger partial charge on any atom is 0.203 e. The molecule has 0 saturated heterocycles. The number of aryl methyl sites for hydroxylation is 1. The molecule has 0 aliphatic heterocycles. The molecule has 0 aliphatic rings. The quantitative estimate of drug-likeness (QED) is 0.755. The number of nitrogens with zero attached hydrogens (tertiary/aromatic N) is 3. The van der Waals surface area contributed by atoms with E-state index in [9.17, 15) is 0 Å². The third-order valence-electron chi connectivity index (χ3n) is 1.39. The van der Waals surface area contributed by atoms with Gasteiger partial charge in [-0.05, 0) is 6.92 Å². The van der Waals surface area contributed by atoms with Crippen LogP contribution in [-0.2, 0) is 0 Å². The second-order valence-corrected chi connectivity index (χ2v) is 4.27. The van der Waals surface area contributed by atoms with Crippen LogP contribution in [0.5, 0.6) is 0 Å². The molecule has 2 N–H and O–H groups in total. The van der Waals surface area contributed by atoms with Crippen molar-refractivity contribution < 1.29 is 0 Å². The molecule has 0 radical (unpaired) electrons. The third kappa shape index (κ3) is 1.19. The lowest BCUT2D eigenvalue weighted by atomic mass is 10.4. The maximum absolute atomic E-state index is 5.46. The Kier molecular flexibility index (Phi) is 1.78. The molecule has 2 aromatic rings. The van der Waals surface area contributed by atoms with Gasteiger partial charge < -0.3 is 5.73 Å². The minimum absolute atomic E-state index is 0.484. The van der Waals surface area contributed by atoms with Crippen molar-refractivity contribution in [1.82, 2.24) is 15.2 Å². The average Bonchev–Trinajstić information content (AvgIpc) is 2.58. The van der Waals surface area contributed by atoms with Crippen molar-refractivity contribution in [3.63, 3.8) is 0 Å². The summed E-state index contributed by atoms with van der Waals surface area (Å²) >= 11 is 2.95. The molecule has 6 heteroatoms. The fraction of sp³-hybridized carbons (Fsp3) is 0.167. The number of thiazole rings is 1. The summed E-state index contributed by atoms with van der Waals surface area (Å²) in [6.45, 7) is 2.00. The van der Waals surface area contributed by atoms with Crippen LogP contribution in [0.2, 0.25) is 0 Å². The van der Waals surface area contributed by atoms with E-state index in [4.69, 9.17) is 5.73 Å². The molecule has 4 nitrogen and oxygen atoms in total. The zero-order valence-electron chi connectivity index (χ0n) is 6.31. The van der Waals surface area contributed by atoms with Crippen LogP contribution >= 0.6 is 22.7 Å². The lowest BCUT2D eigenvalue weighted by Crippen LogP contribution is -1.80. The summed E-state index contributed by atoms with van der Waals surface area (Å²) in [6.07, 6.45) is 0. The molecular formula is C6H6N4S2. The van der Waals surface area contributed by atoms with Crippen LogP contribution in [0.25, 0.3) is 10.7 Å². The van der Waals surface area contributed by atoms with Gasteiger partial charge in [-0.15, -0.1) is 21.5 Å². The molecule has 2 heterocycles. The van der Waals surface area contributed by atoms with Crippen LogP contribution in [0.3, 0.4) is 0 Å². The minimum Gasteiger partial charge on any atom is -0.374 e. The van der Waals surface area contributed by atoms with Crippen LogP contribution in [0.15, 0.2) is 5.51 Å². The Morgan fingerprint density at radius 3 is 2.75 bits per heavy atom. The van der Waals surface area contributed by atoms with Gasteiger partial charge in [0.2, 0.25) is 5.13 Å². The molecular weight excluding hydrogens is 192 g/mol. The van der Waals surface area contributed by atoms with Crippen molar-refractivity contribution in [2.24, 2.45) is 0 Å². The van der Waals surface area contributed by atoms with Crippen LogP contribution in [-0.4, -0.2) is 15.2 Å². The third-order valence-corrected chi connectivity index (χ3v) is 2.90. The zero-order chi connectivity index (χ0) is 8.55. The summed E-state index contributed by atoms with van der Waals surface area (Å²) in [7, 11) is 0. The fourth-order valence-corrected chi connectivity index (χ4v) is 2.15. The van der Waals surface area contributed by atoms with Crippen molar-refractivity contribution >= 4 is 27.8 Å². The monoisotopic (exact) mass is 198 g/mol. The standard InChI is InChI=1S/C6H6N4S2/c1-3-4(8-2-11-3)5-9-10-6(7)12-5/h2H,1H3,(H2,7,10). The summed E-state index contributed by atoms with van der Waals surface area (Å²) < 4.78 is 0. The summed E-state index contributed by atoms with van der Waals surface area (Å²) in [5.74, 6) is 0. The Bertz CT molecular complexity index is 392. The van der Waals surface area contributed by atoms with Crippen molar-refractivity contribution in [1.29, 1.82) is 0 Å². The van der Waals surface area contributed by atoms with Gasteiger partial charge in [0.15, 0.2) is 5.01 Å². The Morgan fingerprint density at radius 1 is 1.42 bits per heavy atom. The van der Waals surface area contributed by atoms with E-state index in [2.05, 4.69) is 15.2 Å². The first kappa shape index (κ1) is 7.63. The Labute approximate surface area is 77.1 Å². The predicted octanol–water partition coefficient (Wildman–Crippen LogP) is 1.55. The Morgan fingerprint density at radius 2 is 2.25 bits per heavy atom. The Balaban J connectivity index is 2.50. The van der Waals surface area contributed by atoms with E-state index in [0.717, 1.165) is 15.6 Å². The topological polar surface area (TPSA) is 64.7 Å². The summed E-state index contributed by atoms with van der Waals surface area (Å²) in [5, 5.41) is 8.91. The normalized spacial score (nSPS) is 10.4. The zero-order valence-corrected chi connectivity index (χ0v) is 7.95. The highest BCUT2D eigenvalue weighted by Crippen LogP contribution is 2.27. The van der Waals surface area contributed by atoms with Gasteiger partial charge in [0.05, 0.1) is 5.51 Å². The smallest absolute Gasteiger partial charge is 0.203 e. The van der Waals surface area contributed by atoms with Gasteiger partial charge in [-0.25, -0.2) is 4.98 Å². The first-order valence-electron chi connectivity index (χ1n) is 3.27. The molecule has 0 aliphatic carbocycles. The van der Waals surface area contributed by atoms with Crippen LogP contribution in [0.4, 0.5) is 5.13 Å². The number of anilines is 1. The molecule has 0 unspecified atom stereocenters. The first-order chi connectivity index (χ1) is 5.77. The molecule has 0 bridgehead atoms.